The predicted octanol–water partition coefficient (Wildman–Crippen LogP) is 2.75. The lowest BCUT2D eigenvalue weighted by Gasteiger charge is -2.11. The molecule has 32 heavy (non-hydrogen) atoms. The third-order valence-electron chi connectivity index (χ3n) is 5.65. The van der Waals surface area contributed by atoms with E-state index >= 15 is 0 Å². The van der Waals surface area contributed by atoms with E-state index in [0.717, 1.165) is 34.7 Å². The lowest BCUT2D eigenvalue weighted by atomic mass is 10.00. The molecule has 4 aromatic rings. The van der Waals surface area contributed by atoms with Gasteiger partial charge in [-0.25, -0.2) is 9.37 Å². The second-order valence-corrected chi connectivity index (χ2v) is 7.85. The highest BCUT2D eigenvalue weighted by Crippen LogP contribution is 2.31. The minimum atomic E-state index is -0.218. The highest BCUT2D eigenvalue weighted by atomic mass is 19.1. The Labute approximate surface area is 183 Å². The van der Waals surface area contributed by atoms with Crippen molar-refractivity contribution in [1.29, 1.82) is 0 Å². The molecule has 4 heterocycles. The second-order valence-electron chi connectivity index (χ2n) is 7.85. The molecule has 8 nitrogen and oxygen atoms in total. The van der Waals surface area contributed by atoms with Gasteiger partial charge in [-0.2, -0.15) is 0 Å². The van der Waals surface area contributed by atoms with Gasteiger partial charge < -0.3 is 9.64 Å². The van der Waals surface area contributed by atoms with E-state index in [-0.39, 0.29) is 11.7 Å². The van der Waals surface area contributed by atoms with Gasteiger partial charge in [0.15, 0.2) is 5.65 Å². The third-order valence-corrected chi connectivity index (χ3v) is 5.65. The molecule has 0 atom stereocenters. The van der Waals surface area contributed by atoms with Crippen LogP contribution in [0.3, 0.4) is 0 Å². The molecule has 0 saturated carbocycles. The molecule has 0 unspecified atom stereocenters. The van der Waals surface area contributed by atoms with Crippen LogP contribution in [0.4, 0.5) is 4.39 Å². The van der Waals surface area contributed by atoms with Crippen LogP contribution in [0.2, 0.25) is 0 Å². The van der Waals surface area contributed by atoms with Gasteiger partial charge in [0.2, 0.25) is 0 Å². The number of rotatable bonds is 5. The van der Waals surface area contributed by atoms with Crippen LogP contribution >= 0.6 is 0 Å². The quantitative estimate of drug-likeness (QED) is 0.482. The maximum Gasteiger partial charge on any atom is 0.271 e. The van der Waals surface area contributed by atoms with Crippen LogP contribution < -0.4 is 4.74 Å². The fraction of sp³-hybridized carbons (Fsp3) is 0.261. The lowest BCUT2D eigenvalue weighted by molar-refractivity contribution is 0.0822. The van der Waals surface area contributed by atoms with Crippen molar-refractivity contribution >= 4 is 11.6 Å². The molecule has 0 fully saturated rings. The maximum absolute atomic E-state index is 14.5. The molecular formula is C23H21FN6O2. The van der Waals surface area contributed by atoms with Crippen molar-refractivity contribution in [2.45, 2.75) is 19.3 Å². The number of pyridine rings is 1. The number of aromatic nitrogens is 5. The zero-order valence-electron chi connectivity index (χ0n) is 17.7. The van der Waals surface area contributed by atoms with Crippen molar-refractivity contribution in [1.82, 2.24) is 29.5 Å². The summed E-state index contributed by atoms with van der Waals surface area (Å²) < 4.78 is 21.9. The number of amides is 1. The predicted molar refractivity (Wildman–Crippen MR) is 115 cm³/mol. The Morgan fingerprint density at radius 1 is 1.16 bits per heavy atom. The molecule has 0 radical (unpaired) electrons. The Morgan fingerprint density at radius 3 is 2.81 bits per heavy atom. The SMILES string of the molecule is CN(C)C(=O)c1ccc(-c2cnc(CCc3c(F)ccc4c3CCO4)n3cnnc23)cn1. The summed E-state index contributed by atoms with van der Waals surface area (Å²) in [5.41, 5.74) is 4.15. The van der Waals surface area contributed by atoms with Gasteiger partial charge in [-0.15, -0.1) is 10.2 Å². The Morgan fingerprint density at radius 2 is 2.03 bits per heavy atom. The molecule has 1 aliphatic rings. The number of hydrogen-bond donors (Lipinski definition) is 0. The van der Waals surface area contributed by atoms with Crippen molar-refractivity contribution in [2.24, 2.45) is 0 Å². The summed E-state index contributed by atoms with van der Waals surface area (Å²) in [6.07, 6.45) is 6.70. The topological polar surface area (TPSA) is 85.5 Å². The molecular weight excluding hydrogens is 411 g/mol. The Bertz CT molecular complexity index is 1320. The van der Waals surface area contributed by atoms with Gasteiger partial charge in [-0.3, -0.25) is 14.2 Å². The number of aryl methyl sites for hydroxylation is 1. The zero-order chi connectivity index (χ0) is 22.2. The minimum absolute atomic E-state index is 0.164. The van der Waals surface area contributed by atoms with Crippen LogP contribution in [0.5, 0.6) is 5.75 Å². The first kappa shape index (κ1) is 20.0. The summed E-state index contributed by atoms with van der Waals surface area (Å²) in [7, 11) is 3.37. The largest absolute Gasteiger partial charge is 0.493 e. The molecule has 5 rings (SSSR count). The fourth-order valence-electron chi connectivity index (χ4n) is 3.99. The van der Waals surface area contributed by atoms with Gasteiger partial charge in [-0.1, -0.05) is 6.07 Å². The number of fused-ring (bicyclic) bond motifs is 2. The average molecular weight is 432 g/mol. The third kappa shape index (κ3) is 3.45. The Balaban J connectivity index is 1.44. The number of hydrogen-bond acceptors (Lipinski definition) is 6. The van der Waals surface area contributed by atoms with E-state index in [1.54, 1.807) is 44.9 Å². The molecule has 1 aliphatic heterocycles. The summed E-state index contributed by atoms with van der Waals surface area (Å²) >= 11 is 0. The number of nitrogens with zero attached hydrogens (tertiary/aromatic N) is 6. The summed E-state index contributed by atoms with van der Waals surface area (Å²) in [6.45, 7) is 0.585. The van der Waals surface area contributed by atoms with Gasteiger partial charge in [0.25, 0.3) is 5.91 Å². The van der Waals surface area contributed by atoms with Crippen LogP contribution in [0.1, 0.15) is 27.4 Å². The van der Waals surface area contributed by atoms with Crippen molar-refractivity contribution in [3.05, 3.63) is 71.4 Å². The summed E-state index contributed by atoms with van der Waals surface area (Å²) in [4.78, 5) is 22.4. The molecule has 3 aromatic heterocycles. The average Bonchev–Trinajstić information content (AvgIpc) is 3.48. The van der Waals surface area contributed by atoms with Crippen LogP contribution in [-0.4, -0.2) is 56.1 Å². The highest BCUT2D eigenvalue weighted by Gasteiger charge is 2.20. The summed E-state index contributed by atoms with van der Waals surface area (Å²) in [5, 5.41) is 8.29. The van der Waals surface area contributed by atoms with E-state index in [2.05, 4.69) is 20.2 Å². The van der Waals surface area contributed by atoms with Gasteiger partial charge in [0.05, 0.1) is 6.61 Å². The van der Waals surface area contributed by atoms with E-state index in [9.17, 15) is 9.18 Å². The smallest absolute Gasteiger partial charge is 0.271 e. The molecule has 9 heteroatoms. The monoisotopic (exact) mass is 432 g/mol. The van der Waals surface area contributed by atoms with Crippen molar-refractivity contribution in [2.75, 3.05) is 20.7 Å². The van der Waals surface area contributed by atoms with Gasteiger partial charge in [-0.05, 0) is 30.2 Å². The number of halogens is 1. The number of ether oxygens (including phenoxy) is 1. The number of benzene rings is 1. The van der Waals surface area contributed by atoms with Gasteiger partial charge in [0, 0.05) is 56.0 Å². The van der Waals surface area contributed by atoms with Gasteiger partial charge >= 0.3 is 0 Å². The standard InChI is InChI=1S/C23H21FN6O2/c1-29(2)23(31)19-6-3-14(11-25-19)17-12-26-21(30-13-27-28-22(17)30)8-4-15-16-9-10-32-20(16)7-5-18(15)24/h3,5-7,11-13H,4,8-10H2,1-2H3. The molecule has 162 valence electrons. The van der Waals surface area contributed by atoms with E-state index in [0.29, 0.717) is 36.4 Å². The minimum Gasteiger partial charge on any atom is -0.493 e. The van der Waals surface area contributed by atoms with E-state index < -0.39 is 0 Å². The zero-order valence-corrected chi connectivity index (χ0v) is 17.7. The molecule has 1 aromatic carbocycles. The van der Waals surface area contributed by atoms with Crippen LogP contribution in [0.15, 0.2) is 43.0 Å². The molecule has 0 bridgehead atoms. The normalized spacial score (nSPS) is 12.6. The first-order valence-electron chi connectivity index (χ1n) is 10.3. The Hall–Kier alpha value is -3.88. The Kier molecular flexibility index (Phi) is 5.01. The van der Waals surface area contributed by atoms with Crippen molar-refractivity contribution < 1.29 is 13.9 Å². The van der Waals surface area contributed by atoms with Crippen LogP contribution in [-0.2, 0) is 19.3 Å². The fourth-order valence-corrected chi connectivity index (χ4v) is 3.99. The highest BCUT2D eigenvalue weighted by molar-refractivity contribution is 5.92. The van der Waals surface area contributed by atoms with Gasteiger partial charge in [0.1, 0.15) is 29.4 Å². The summed E-state index contributed by atoms with van der Waals surface area (Å²) in [5.74, 6) is 1.12. The number of carbonyl (C=O) groups is 1. The molecule has 1 amide bonds. The lowest BCUT2D eigenvalue weighted by Crippen LogP contribution is -2.22. The van der Waals surface area contributed by atoms with Crippen molar-refractivity contribution in [3.63, 3.8) is 0 Å². The second kappa shape index (κ2) is 7.99. The summed E-state index contributed by atoms with van der Waals surface area (Å²) in [6, 6.07) is 6.65. The van der Waals surface area contributed by atoms with E-state index in [1.165, 1.54) is 11.0 Å². The maximum atomic E-state index is 14.5. The first-order valence-corrected chi connectivity index (χ1v) is 10.3. The van der Waals surface area contributed by atoms with Crippen LogP contribution in [0.25, 0.3) is 16.8 Å². The van der Waals surface area contributed by atoms with Crippen molar-refractivity contribution in [3.8, 4) is 16.9 Å². The number of carbonyl (C=O) groups excluding carboxylic acids is 1. The molecule has 0 aliphatic carbocycles. The van der Waals surface area contributed by atoms with E-state index in [1.807, 2.05) is 10.5 Å². The van der Waals surface area contributed by atoms with Crippen LogP contribution in [0, 0.1) is 5.82 Å². The molecule has 0 spiro atoms. The molecule has 0 saturated heterocycles. The molecule has 0 N–H and O–H groups in total. The first-order chi connectivity index (χ1) is 15.5. The van der Waals surface area contributed by atoms with E-state index in [4.69, 9.17) is 4.74 Å².